The summed E-state index contributed by atoms with van der Waals surface area (Å²) in [5.41, 5.74) is 1.56. The molecule has 0 saturated carbocycles. The zero-order valence-corrected chi connectivity index (χ0v) is 13.4. The van der Waals surface area contributed by atoms with Crippen LogP contribution < -0.4 is 10.6 Å². The first-order valence-corrected chi connectivity index (χ1v) is 7.84. The number of halogens is 1. The molecule has 26 heavy (non-hydrogen) atoms. The molecule has 2 N–H and O–H groups in total. The van der Waals surface area contributed by atoms with Crippen molar-refractivity contribution in [1.29, 1.82) is 5.26 Å². The van der Waals surface area contributed by atoms with Gasteiger partial charge in [-0.05, 0) is 30.3 Å². The fraction of sp³-hybridized carbons (Fsp3) is 0.111. The van der Waals surface area contributed by atoms with Crippen molar-refractivity contribution < 1.29 is 14.0 Å². The second kappa shape index (κ2) is 5.97. The number of carbonyl (C=O) groups excluding carboxylic acids is 2. The number of carbonyl (C=O) groups is 2. The maximum absolute atomic E-state index is 13.3. The lowest BCUT2D eigenvalue weighted by Gasteiger charge is -2.25. The van der Waals surface area contributed by atoms with Gasteiger partial charge in [-0.25, -0.2) is 9.37 Å². The van der Waals surface area contributed by atoms with Crippen LogP contribution in [0.1, 0.15) is 18.0 Å². The Balaban J connectivity index is 1.74. The van der Waals surface area contributed by atoms with Crippen molar-refractivity contribution in [1.82, 2.24) is 9.55 Å². The van der Waals surface area contributed by atoms with E-state index < -0.39 is 17.8 Å². The third kappa shape index (κ3) is 2.56. The van der Waals surface area contributed by atoms with Crippen LogP contribution in [0.25, 0.3) is 11.0 Å². The summed E-state index contributed by atoms with van der Waals surface area (Å²) in [5, 5.41) is 14.4. The number of para-hydroxylation sites is 2. The fourth-order valence-electron chi connectivity index (χ4n) is 3.03. The van der Waals surface area contributed by atoms with Crippen molar-refractivity contribution in [3.63, 3.8) is 0 Å². The normalized spacial score (nSPS) is 15.8. The molecule has 3 aromatic rings. The molecule has 8 heteroatoms. The van der Waals surface area contributed by atoms with Crippen molar-refractivity contribution in [2.24, 2.45) is 0 Å². The van der Waals surface area contributed by atoms with Crippen LogP contribution in [0.2, 0.25) is 0 Å². The van der Waals surface area contributed by atoms with Crippen LogP contribution >= 0.6 is 0 Å². The zero-order chi connectivity index (χ0) is 18.3. The van der Waals surface area contributed by atoms with Crippen LogP contribution in [0, 0.1) is 17.1 Å². The Morgan fingerprint density at radius 3 is 2.96 bits per heavy atom. The molecule has 2 amide bonds. The molecule has 0 unspecified atom stereocenters. The minimum atomic E-state index is -0.831. The largest absolute Gasteiger partial charge is 0.323 e. The van der Waals surface area contributed by atoms with E-state index in [1.165, 1.54) is 6.07 Å². The van der Waals surface area contributed by atoms with Gasteiger partial charge in [0.1, 0.15) is 17.9 Å². The van der Waals surface area contributed by atoms with Gasteiger partial charge >= 0.3 is 0 Å². The molecule has 7 nitrogen and oxygen atoms in total. The average Bonchev–Trinajstić information content (AvgIpc) is 3.00. The third-order valence-corrected chi connectivity index (χ3v) is 4.20. The van der Waals surface area contributed by atoms with Crippen LogP contribution in [0.5, 0.6) is 0 Å². The molecule has 1 atom stereocenters. The number of hydrogen-bond donors (Lipinski definition) is 2. The number of fused-ring (bicyclic) bond motifs is 3. The summed E-state index contributed by atoms with van der Waals surface area (Å²) in [7, 11) is 0. The van der Waals surface area contributed by atoms with Gasteiger partial charge in [-0.2, -0.15) is 5.26 Å². The quantitative estimate of drug-likeness (QED) is 0.742. The van der Waals surface area contributed by atoms with E-state index in [1.807, 2.05) is 24.3 Å². The Bertz CT molecular complexity index is 1100. The molecule has 1 aliphatic rings. The lowest BCUT2D eigenvalue weighted by atomic mass is 10.1. The molecule has 0 fully saturated rings. The number of nitriles is 1. The van der Waals surface area contributed by atoms with Crippen molar-refractivity contribution >= 4 is 34.5 Å². The Hall–Kier alpha value is -3.73. The number of anilines is 2. The average molecular weight is 349 g/mol. The van der Waals surface area contributed by atoms with Gasteiger partial charge in [-0.15, -0.1) is 0 Å². The summed E-state index contributed by atoms with van der Waals surface area (Å²) in [6, 6.07) is 11.8. The molecule has 0 radical (unpaired) electrons. The van der Waals surface area contributed by atoms with Gasteiger partial charge in [0.2, 0.25) is 17.8 Å². The first kappa shape index (κ1) is 15.8. The van der Waals surface area contributed by atoms with E-state index in [0.29, 0.717) is 17.0 Å². The van der Waals surface area contributed by atoms with E-state index >= 15 is 0 Å². The van der Waals surface area contributed by atoms with Gasteiger partial charge in [0.15, 0.2) is 0 Å². The molecule has 0 spiro atoms. The highest BCUT2D eigenvalue weighted by Gasteiger charge is 2.33. The fourth-order valence-corrected chi connectivity index (χ4v) is 3.03. The van der Waals surface area contributed by atoms with Gasteiger partial charge in [0.25, 0.3) is 0 Å². The highest BCUT2D eigenvalue weighted by Crippen LogP contribution is 2.31. The zero-order valence-electron chi connectivity index (χ0n) is 13.4. The maximum atomic E-state index is 13.3. The van der Waals surface area contributed by atoms with Crippen LogP contribution in [0.4, 0.5) is 16.0 Å². The Labute approximate surface area is 147 Å². The van der Waals surface area contributed by atoms with Crippen LogP contribution in [0.3, 0.4) is 0 Å². The number of nitrogens with one attached hydrogen (secondary N) is 2. The van der Waals surface area contributed by atoms with Gasteiger partial charge in [-0.1, -0.05) is 12.1 Å². The maximum Gasteiger partial charge on any atom is 0.248 e. The number of benzene rings is 2. The monoisotopic (exact) mass is 349 g/mol. The van der Waals surface area contributed by atoms with E-state index in [4.69, 9.17) is 5.26 Å². The lowest BCUT2D eigenvalue weighted by Crippen LogP contribution is -2.35. The molecule has 2 aromatic carbocycles. The molecule has 1 aromatic heterocycles. The molecule has 2 heterocycles. The molecule has 0 aliphatic carbocycles. The molecular weight excluding hydrogens is 337 g/mol. The number of nitrogens with zero attached hydrogens (tertiary/aromatic N) is 3. The van der Waals surface area contributed by atoms with Crippen molar-refractivity contribution in [3.8, 4) is 6.07 Å². The first-order valence-electron chi connectivity index (χ1n) is 7.84. The first-order chi connectivity index (χ1) is 12.6. The van der Waals surface area contributed by atoms with E-state index in [0.717, 1.165) is 12.1 Å². The summed E-state index contributed by atoms with van der Waals surface area (Å²) < 4.78 is 14.9. The Morgan fingerprint density at radius 1 is 1.35 bits per heavy atom. The van der Waals surface area contributed by atoms with Gasteiger partial charge in [-0.3, -0.25) is 19.5 Å². The van der Waals surface area contributed by atoms with E-state index in [2.05, 4.69) is 15.6 Å². The second-order valence-corrected chi connectivity index (χ2v) is 5.85. The number of imidazole rings is 1. The van der Waals surface area contributed by atoms with Crippen molar-refractivity contribution in [3.05, 3.63) is 53.8 Å². The van der Waals surface area contributed by atoms with Crippen LogP contribution in [-0.4, -0.2) is 21.4 Å². The summed E-state index contributed by atoms with van der Waals surface area (Å²) >= 11 is 0. The molecular formula is C18H12FN5O2. The van der Waals surface area contributed by atoms with Gasteiger partial charge in [0, 0.05) is 0 Å². The van der Waals surface area contributed by atoms with Crippen molar-refractivity contribution in [2.75, 3.05) is 10.6 Å². The minimum Gasteiger partial charge on any atom is -0.323 e. The van der Waals surface area contributed by atoms with Gasteiger partial charge < -0.3 is 5.32 Å². The molecule has 128 valence electrons. The van der Waals surface area contributed by atoms with E-state index in [-0.39, 0.29) is 23.6 Å². The standard InChI is InChI=1S/C18H12FN5O2/c19-11-5-6-12(10(7-11)9-20)21-17(26)15-8-16(25)23-18-22-13-3-1-2-4-14(13)24(15)18/h1-7,15H,8H2,(H,21,26)(H,22,23,25)/t15-/m1/s1. The summed E-state index contributed by atoms with van der Waals surface area (Å²) in [5.74, 6) is -1.08. The molecule has 0 bridgehead atoms. The summed E-state index contributed by atoms with van der Waals surface area (Å²) in [6.07, 6.45) is -0.0672. The lowest BCUT2D eigenvalue weighted by molar-refractivity contribution is -0.124. The molecule has 4 rings (SSSR count). The summed E-state index contributed by atoms with van der Waals surface area (Å²) in [6.45, 7) is 0. The van der Waals surface area contributed by atoms with Crippen molar-refractivity contribution in [2.45, 2.75) is 12.5 Å². The highest BCUT2D eigenvalue weighted by molar-refractivity contribution is 6.03. The Morgan fingerprint density at radius 2 is 2.15 bits per heavy atom. The number of rotatable bonds is 2. The van der Waals surface area contributed by atoms with Crippen LogP contribution in [-0.2, 0) is 9.59 Å². The minimum absolute atomic E-state index is 0.00863. The number of aromatic nitrogens is 2. The summed E-state index contributed by atoms with van der Waals surface area (Å²) in [4.78, 5) is 29.2. The highest BCUT2D eigenvalue weighted by atomic mass is 19.1. The topological polar surface area (TPSA) is 99.8 Å². The SMILES string of the molecule is N#Cc1cc(F)ccc1NC(=O)[C@H]1CC(=O)Nc2nc3ccccc3n21. The number of amides is 2. The molecule has 0 saturated heterocycles. The Kier molecular flexibility index (Phi) is 3.62. The second-order valence-electron chi connectivity index (χ2n) is 5.85. The van der Waals surface area contributed by atoms with Gasteiger partial charge in [0.05, 0.1) is 28.7 Å². The van der Waals surface area contributed by atoms with E-state index in [9.17, 15) is 14.0 Å². The predicted octanol–water partition coefficient (Wildman–Crippen LogP) is 2.57. The predicted molar refractivity (Wildman–Crippen MR) is 91.8 cm³/mol. The third-order valence-electron chi connectivity index (χ3n) is 4.20. The molecule has 1 aliphatic heterocycles. The van der Waals surface area contributed by atoms with Crippen LogP contribution in [0.15, 0.2) is 42.5 Å². The number of hydrogen-bond acceptors (Lipinski definition) is 4. The van der Waals surface area contributed by atoms with E-state index in [1.54, 1.807) is 10.6 Å². The smallest absolute Gasteiger partial charge is 0.248 e.